The van der Waals surface area contributed by atoms with Crippen LogP contribution in [0.4, 0.5) is 26.5 Å². The number of H-pyrrole nitrogens is 1. The Morgan fingerprint density at radius 2 is 1.74 bits per heavy atom. The monoisotopic (exact) mass is 536 g/mol. The highest BCUT2D eigenvalue weighted by Crippen LogP contribution is 2.36. The molecule has 0 radical (unpaired) electrons. The first-order chi connectivity index (χ1) is 18.3. The number of amides is 2. The molecule has 0 saturated carbocycles. The third kappa shape index (κ3) is 5.50. The van der Waals surface area contributed by atoms with Gasteiger partial charge in [0.2, 0.25) is 5.95 Å². The number of aromatic nitrogens is 3. The van der Waals surface area contributed by atoms with Crippen LogP contribution in [0.1, 0.15) is 0 Å². The number of hydrogen-bond acceptors (Lipinski definition) is 7. The summed E-state index contributed by atoms with van der Waals surface area (Å²) >= 11 is 0. The SMILES string of the molecule is CS(=O)(=O)c1ccc(NC(=O)Nc2cccc(-c3nc(N4CCOCC4)[nH]c3-c3ccncc3)c2F)cc1. The van der Waals surface area contributed by atoms with Crippen molar-refractivity contribution in [3.05, 3.63) is 72.8 Å². The minimum absolute atomic E-state index is 0.0376. The Morgan fingerprint density at radius 1 is 1.03 bits per heavy atom. The summed E-state index contributed by atoms with van der Waals surface area (Å²) in [5, 5.41) is 5.11. The van der Waals surface area contributed by atoms with Gasteiger partial charge in [0, 0.05) is 48.6 Å². The lowest BCUT2D eigenvalue weighted by Gasteiger charge is -2.26. The third-order valence-electron chi connectivity index (χ3n) is 6.01. The Labute approximate surface area is 218 Å². The lowest BCUT2D eigenvalue weighted by Crippen LogP contribution is -2.36. The van der Waals surface area contributed by atoms with Crippen LogP contribution in [-0.2, 0) is 14.6 Å². The number of rotatable bonds is 6. The molecule has 1 saturated heterocycles. The minimum Gasteiger partial charge on any atom is -0.378 e. The molecular weight excluding hydrogens is 511 g/mol. The fraction of sp³-hybridized carbons (Fsp3) is 0.192. The molecule has 2 aromatic carbocycles. The van der Waals surface area contributed by atoms with Gasteiger partial charge in [0.05, 0.1) is 29.5 Å². The summed E-state index contributed by atoms with van der Waals surface area (Å²) in [5.41, 5.74) is 2.34. The number of nitrogens with zero attached hydrogens (tertiary/aromatic N) is 3. The van der Waals surface area contributed by atoms with Crippen LogP contribution in [0.5, 0.6) is 0 Å². The Balaban J connectivity index is 1.43. The molecule has 0 atom stereocenters. The van der Waals surface area contributed by atoms with Gasteiger partial charge < -0.3 is 25.3 Å². The molecule has 1 aliphatic heterocycles. The smallest absolute Gasteiger partial charge is 0.323 e. The maximum absolute atomic E-state index is 15.8. The topological polar surface area (TPSA) is 129 Å². The van der Waals surface area contributed by atoms with E-state index >= 15 is 4.39 Å². The highest BCUT2D eigenvalue weighted by molar-refractivity contribution is 7.90. The fourth-order valence-electron chi connectivity index (χ4n) is 4.09. The lowest BCUT2D eigenvalue weighted by molar-refractivity contribution is 0.122. The number of nitrogens with one attached hydrogen (secondary N) is 3. The van der Waals surface area contributed by atoms with Gasteiger partial charge in [0.25, 0.3) is 0 Å². The van der Waals surface area contributed by atoms with E-state index in [1.807, 2.05) is 17.0 Å². The van der Waals surface area contributed by atoms with Crippen LogP contribution in [0.3, 0.4) is 0 Å². The van der Waals surface area contributed by atoms with Crippen LogP contribution < -0.4 is 15.5 Å². The van der Waals surface area contributed by atoms with E-state index in [-0.39, 0.29) is 16.1 Å². The first-order valence-corrected chi connectivity index (χ1v) is 13.7. The molecule has 4 aromatic rings. The second-order valence-corrected chi connectivity index (χ2v) is 10.7. The average Bonchev–Trinajstić information content (AvgIpc) is 3.36. The van der Waals surface area contributed by atoms with Crippen LogP contribution >= 0.6 is 0 Å². The molecule has 10 nitrogen and oxygen atoms in total. The maximum atomic E-state index is 15.8. The third-order valence-corrected chi connectivity index (χ3v) is 7.14. The lowest BCUT2D eigenvalue weighted by atomic mass is 10.0. The van der Waals surface area contributed by atoms with Crippen molar-refractivity contribution >= 4 is 33.2 Å². The molecule has 1 aliphatic rings. The molecule has 12 heteroatoms. The van der Waals surface area contributed by atoms with Crippen LogP contribution in [-0.4, -0.2) is 62.0 Å². The predicted octanol–water partition coefficient (Wildman–Crippen LogP) is 4.16. The van der Waals surface area contributed by atoms with E-state index in [1.54, 1.807) is 24.5 Å². The van der Waals surface area contributed by atoms with Crippen molar-refractivity contribution < 1.29 is 22.3 Å². The molecular formula is C26H25FN6O4S. The van der Waals surface area contributed by atoms with Gasteiger partial charge in [-0.25, -0.2) is 22.6 Å². The number of urea groups is 1. The van der Waals surface area contributed by atoms with Crippen LogP contribution in [0.15, 0.2) is 71.9 Å². The number of carbonyl (C=O) groups excluding carboxylic acids is 1. The van der Waals surface area contributed by atoms with Gasteiger partial charge >= 0.3 is 6.03 Å². The van der Waals surface area contributed by atoms with Gasteiger partial charge in [-0.1, -0.05) is 6.07 Å². The number of aromatic amines is 1. The van der Waals surface area contributed by atoms with Crippen molar-refractivity contribution in [2.24, 2.45) is 0 Å². The van der Waals surface area contributed by atoms with E-state index in [0.29, 0.717) is 49.3 Å². The fourth-order valence-corrected chi connectivity index (χ4v) is 4.72. The van der Waals surface area contributed by atoms with E-state index in [2.05, 4.69) is 20.6 Å². The Bertz CT molecular complexity index is 1550. The number of morpholine rings is 1. The molecule has 2 amide bonds. The van der Waals surface area contributed by atoms with Crippen molar-refractivity contribution in [2.75, 3.05) is 48.1 Å². The molecule has 196 valence electrons. The summed E-state index contributed by atoms with van der Waals surface area (Å²) in [7, 11) is -3.36. The standard InChI is InChI=1S/C26H25FN6O4S/c1-38(35,36)19-7-5-18(6-8-19)29-26(34)30-21-4-2-3-20(22(21)27)24-23(17-9-11-28-12-10-17)31-25(32-24)33-13-15-37-16-14-33/h2-12H,13-16H2,1H3,(H,31,32)(H2,29,30,34). The Hall–Kier alpha value is -4.29. The van der Waals surface area contributed by atoms with Gasteiger partial charge in [0.1, 0.15) is 5.69 Å². The molecule has 0 bridgehead atoms. The van der Waals surface area contributed by atoms with Crippen molar-refractivity contribution in [3.8, 4) is 22.5 Å². The number of benzene rings is 2. The summed E-state index contributed by atoms with van der Waals surface area (Å²) in [6, 6.07) is 13.3. The summed E-state index contributed by atoms with van der Waals surface area (Å²) in [5.74, 6) is -0.0476. The average molecular weight is 537 g/mol. The molecule has 38 heavy (non-hydrogen) atoms. The zero-order valence-electron chi connectivity index (χ0n) is 20.4. The zero-order valence-corrected chi connectivity index (χ0v) is 21.3. The predicted molar refractivity (Wildman–Crippen MR) is 142 cm³/mol. The highest BCUT2D eigenvalue weighted by atomic mass is 32.2. The number of sulfone groups is 1. The normalized spacial score (nSPS) is 13.8. The second-order valence-electron chi connectivity index (χ2n) is 8.66. The van der Waals surface area contributed by atoms with Gasteiger partial charge in [-0.2, -0.15) is 0 Å². The van der Waals surface area contributed by atoms with Crippen LogP contribution in [0, 0.1) is 5.82 Å². The van der Waals surface area contributed by atoms with Crippen molar-refractivity contribution in [3.63, 3.8) is 0 Å². The molecule has 0 spiro atoms. The second kappa shape index (κ2) is 10.6. The van der Waals surface area contributed by atoms with Crippen molar-refractivity contribution in [1.82, 2.24) is 15.0 Å². The number of ether oxygens (including phenoxy) is 1. The number of anilines is 3. The van der Waals surface area contributed by atoms with Gasteiger partial charge in [-0.15, -0.1) is 0 Å². The zero-order chi connectivity index (χ0) is 26.7. The molecule has 5 rings (SSSR count). The van der Waals surface area contributed by atoms with E-state index in [0.717, 1.165) is 11.8 Å². The van der Waals surface area contributed by atoms with Crippen molar-refractivity contribution in [1.29, 1.82) is 0 Å². The quantitative estimate of drug-likeness (QED) is 0.337. The largest absolute Gasteiger partial charge is 0.378 e. The van der Waals surface area contributed by atoms with E-state index in [1.165, 1.54) is 30.3 Å². The number of hydrogen-bond donors (Lipinski definition) is 3. The molecule has 3 N–H and O–H groups in total. The number of pyridine rings is 1. The summed E-state index contributed by atoms with van der Waals surface area (Å²) in [6.07, 6.45) is 4.40. The van der Waals surface area contributed by atoms with E-state index in [4.69, 9.17) is 9.72 Å². The number of halogens is 1. The van der Waals surface area contributed by atoms with E-state index in [9.17, 15) is 13.2 Å². The summed E-state index contributed by atoms with van der Waals surface area (Å²) in [6.45, 7) is 2.44. The highest BCUT2D eigenvalue weighted by Gasteiger charge is 2.23. The molecule has 0 unspecified atom stereocenters. The summed E-state index contributed by atoms with van der Waals surface area (Å²) in [4.78, 5) is 26.9. The van der Waals surface area contributed by atoms with Crippen LogP contribution in [0.25, 0.3) is 22.5 Å². The Morgan fingerprint density at radius 3 is 2.42 bits per heavy atom. The summed E-state index contributed by atoms with van der Waals surface area (Å²) < 4.78 is 44.5. The number of carbonyl (C=O) groups is 1. The molecule has 2 aromatic heterocycles. The Kier molecular flexibility index (Phi) is 7.07. The van der Waals surface area contributed by atoms with Crippen molar-refractivity contribution in [2.45, 2.75) is 4.90 Å². The molecule has 3 heterocycles. The first kappa shape index (κ1) is 25.4. The van der Waals surface area contributed by atoms with Gasteiger partial charge in [0.15, 0.2) is 15.7 Å². The van der Waals surface area contributed by atoms with Gasteiger partial charge in [-0.05, 0) is 48.5 Å². The van der Waals surface area contributed by atoms with Crippen LogP contribution in [0.2, 0.25) is 0 Å². The van der Waals surface area contributed by atoms with Gasteiger partial charge in [-0.3, -0.25) is 4.98 Å². The molecule has 0 aliphatic carbocycles. The first-order valence-electron chi connectivity index (χ1n) is 11.8. The number of imidazole rings is 1. The molecule has 1 fully saturated rings. The minimum atomic E-state index is -3.36. The van der Waals surface area contributed by atoms with E-state index < -0.39 is 21.7 Å². The maximum Gasteiger partial charge on any atom is 0.323 e.